The number of nitrogens with two attached hydrogens (primary N) is 1. The number of carbonyl (C=O) groups excluding carboxylic acids is 1. The second-order valence-electron chi connectivity index (χ2n) is 4.19. The van der Waals surface area contributed by atoms with Crippen LogP contribution in [0.4, 0.5) is 5.69 Å². The van der Waals surface area contributed by atoms with Crippen LogP contribution in [0.5, 0.6) is 0 Å². The van der Waals surface area contributed by atoms with E-state index in [9.17, 15) is 4.79 Å². The first-order chi connectivity index (χ1) is 7.37. The zero-order valence-electron chi connectivity index (χ0n) is 9.73. The van der Waals surface area contributed by atoms with Crippen LogP contribution in [0.3, 0.4) is 0 Å². The molecule has 2 N–H and O–H groups in total. The van der Waals surface area contributed by atoms with Crippen molar-refractivity contribution in [3.05, 3.63) is 30.3 Å². The number of rotatable bonds is 3. The number of anilines is 1. The van der Waals surface area contributed by atoms with E-state index in [1.807, 2.05) is 30.3 Å². The van der Waals surface area contributed by atoms with Gasteiger partial charge >= 0.3 is 0 Å². The highest BCUT2D eigenvalue weighted by atomic mass is 32.1. The predicted molar refractivity (Wildman–Crippen MR) is 70.4 cm³/mol. The average molecular weight is 236 g/mol. The number of nitrogens with zero attached hydrogens (tertiary/aromatic N) is 1. The number of benzene rings is 1. The monoisotopic (exact) mass is 236 g/mol. The Morgan fingerprint density at radius 1 is 1.31 bits per heavy atom. The Morgan fingerprint density at radius 3 is 2.25 bits per heavy atom. The molecule has 0 spiro atoms. The standard InChI is InChI=1S/C12H16N2OS/c1-12(2,10(13)16)11(15)14(3)9-7-5-4-6-8-9/h4-8H,1-3H3,(H2,13,16). The molecule has 0 aliphatic rings. The van der Waals surface area contributed by atoms with Crippen LogP contribution in [0.25, 0.3) is 0 Å². The molecule has 0 saturated heterocycles. The molecular formula is C12H16N2OS. The molecule has 3 nitrogen and oxygen atoms in total. The summed E-state index contributed by atoms with van der Waals surface area (Å²) in [4.78, 5) is 13.9. The molecule has 1 rings (SSSR count). The Morgan fingerprint density at radius 2 is 1.81 bits per heavy atom. The molecular weight excluding hydrogens is 220 g/mol. The smallest absolute Gasteiger partial charge is 0.239 e. The Balaban J connectivity index is 2.96. The van der Waals surface area contributed by atoms with Gasteiger partial charge < -0.3 is 10.6 Å². The van der Waals surface area contributed by atoms with Gasteiger partial charge in [-0.1, -0.05) is 30.4 Å². The van der Waals surface area contributed by atoms with Gasteiger partial charge in [0.1, 0.15) is 0 Å². The highest BCUT2D eigenvalue weighted by Crippen LogP contribution is 2.22. The molecule has 0 aromatic heterocycles. The van der Waals surface area contributed by atoms with Crippen LogP contribution in [0.15, 0.2) is 30.3 Å². The summed E-state index contributed by atoms with van der Waals surface area (Å²) < 4.78 is 0. The second kappa shape index (κ2) is 4.61. The summed E-state index contributed by atoms with van der Waals surface area (Å²) >= 11 is 4.91. The van der Waals surface area contributed by atoms with Gasteiger partial charge in [-0.15, -0.1) is 0 Å². The van der Waals surface area contributed by atoms with Gasteiger partial charge in [0, 0.05) is 12.7 Å². The maximum atomic E-state index is 12.2. The van der Waals surface area contributed by atoms with Crippen molar-refractivity contribution in [3.8, 4) is 0 Å². The maximum absolute atomic E-state index is 12.2. The maximum Gasteiger partial charge on any atom is 0.239 e. The van der Waals surface area contributed by atoms with Gasteiger partial charge in [-0.05, 0) is 26.0 Å². The molecule has 0 saturated carbocycles. The van der Waals surface area contributed by atoms with E-state index < -0.39 is 5.41 Å². The van der Waals surface area contributed by atoms with Crippen LogP contribution < -0.4 is 10.6 Å². The molecule has 0 atom stereocenters. The van der Waals surface area contributed by atoms with E-state index in [2.05, 4.69) is 0 Å². The lowest BCUT2D eigenvalue weighted by Crippen LogP contribution is -2.45. The third-order valence-electron chi connectivity index (χ3n) is 2.60. The Kier molecular flexibility index (Phi) is 3.65. The summed E-state index contributed by atoms with van der Waals surface area (Å²) in [6.07, 6.45) is 0. The molecule has 86 valence electrons. The summed E-state index contributed by atoms with van der Waals surface area (Å²) in [5, 5.41) is 0. The quantitative estimate of drug-likeness (QED) is 0.816. The number of carbonyl (C=O) groups is 1. The van der Waals surface area contributed by atoms with Crippen LogP contribution >= 0.6 is 12.2 Å². The SMILES string of the molecule is CN(C(=O)C(C)(C)C(N)=S)c1ccccc1. The van der Waals surface area contributed by atoms with Crippen molar-refractivity contribution in [1.29, 1.82) is 0 Å². The van der Waals surface area contributed by atoms with E-state index in [1.165, 1.54) is 0 Å². The van der Waals surface area contributed by atoms with Gasteiger partial charge in [-0.2, -0.15) is 0 Å². The van der Waals surface area contributed by atoms with Gasteiger partial charge in [0.05, 0.1) is 10.4 Å². The van der Waals surface area contributed by atoms with Crippen LogP contribution in [-0.4, -0.2) is 17.9 Å². The first-order valence-electron chi connectivity index (χ1n) is 5.00. The number of hydrogen-bond donors (Lipinski definition) is 1. The minimum Gasteiger partial charge on any atom is -0.392 e. The van der Waals surface area contributed by atoms with Crippen molar-refractivity contribution in [3.63, 3.8) is 0 Å². The predicted octanol–water partition coefficient (Wildman–Crippen LogP) is 1.96. The summed E-state index contributed by atoms with van der Waals surface area (Å²) in [6, 6.07) is 9.40. The summed E-state index contributed by atoms with van der Waals surface area (Å²) in [6.45, 7) is 3.47. The van der Waals surface area contributed by atoms with E-state index in [4.69, 9.17) is 18.0 Å². The molecule has 16 heavy (non-hydrogen) atoms. The third kappa shape index (κ3) is 2.39. The largest absolute Gasteiger partial charge is 0.392 e. The fourth-order valence-corrected chi connectivity index (χ4v) is 1.38. The van der Waals surface area contributed by atoms with E-state index in [1.54, 1.807) is 25.8 Å². The minimum atomic E-state index is -0.820. The van der Waals surface area contributed by atoms with Crippen LogP contribution in [-0.2, 0) is 4.79 Å². The van der Waals surface area contributed by atoms with Crippen LogP contribution in [0.1, 0.15) is 13.8 Å². The molecule has 0 unspecified atom stereocenters. The van der Waals surface area contributed by atoms with Crippen molar-refractivity contribution in [2.24, 2.45) is 11.1 Å². The Labute approximate surface area is 101 Å². The zero-order valence-corrected chi connectivity index (χ0v) is 10.5. The Hall–Kier alpha value is -1.42. The number of hydrogen-bond acceptors (Lipinski definition) is 2. The molecule has 1 amide bonds. The van der Waals surface area contributed by atoms with Crippen molar-refractivity contribution < 1.29 is 4.79 Å². The summed E-state index contributed by atoms with van der Waals surface area (Å²) in [7, 11) is 1.72. The van der Waals surface area contributed by atoms with Gasteiger partial charge in [-0.25, -0.2) is 0 Å². The normalized spacial score (nSPS) is 10.9. The summed E-state index contributed by atoms with van der Waals surface area (Å²) in [5.74, 6) is -0.105. The van der Waals surface area contributed by atoms with E-state index in [0.29, 0.717) is 0 Å². The molecule has 1 aromatic carbocycles. The Bertz CT molecular complexity index is 401. The van der Waals surface area contributed by atoms with Gasteiger partial charge in [0.25, 0.3) is 0 Å². The molecule has 0 radical (unpaired) electrons. The first kappa shape index (κ1) is 12.6. The average Bonchev–Trinajstić information content (AvgIpc) is 2.28. The van der Waals surface area contributed by atoms with Gasteiger partial charge in [0.15, 0.2) is 0 Å². The lowest BCUT2D eigenvalue weighted by Gasteiger charge is -2.28. The van der Waals surface area contributed by atoms with Crippen molar-refractivity contribution in [2.45, 2.75) is 13.8 Å². The number of thiocarbonyl (C=S) groups is 1. The molecule has 0 aliphatic heterocycles. The van der Waals surface area contributed by atoms with Crippen LogP contribution in [0.2, 0.25) is 0 Å². The first-order valence-corrected chi connectivity index (χ1v) is 5.41. The topological polar surface area (TPSA) is 46.3 Å². The lowest BCUT2D eigenvalue weighted by atomic mass is 9.91. The molecule has 0 bridgehead atoms. The summed E-state index contributed by atoms with van der Waals surface area (Å²) in [5.41, 5.74) is 5.58. The minimum absolute atomic E-state index is 0.105. The lowest BCUT2D eigenvalue weighted by molar-refractivity contribution is -0.123. The molecule has 0 heterocycles. The third-order valence-corrected chi connectivity index (χ3v) is 3.11. The van der Waals surface area contributed by atoms with E-state index in [-0.39, 0.29) is 10.9 Å². The fraction of sp³-hybridized carbons (Fsp3) is 0.333. The van der Waals surface area contributed by atoms with E-state index >= 15 is 0 Å². The number of para-hydroxylation sites is 1. The highest BCUT2D eigenvalue weighted by Gasteiger charge is 2.33. The van der Waals surface area contributed by atoms with Crippen LogP contribution in [0, 0.1) is 5.41 Å². The number of amides is 1. The fourth-order valence-electron chi connectivity index (χ4n) is 1.29. The molecule has 0 aliphatic carbocycles. The molecule has 0 fully saturated rings. The molecule has 4 heteroatoms. The second-order valence-corrected chi connectivity index (χ2v) is 4.63. The van der Waals surface area contributed by atoms with Gasteiger partial charge in [0.2, 0.25) is 5.91 Å². The van der Waals surface area contributed by atoms with Gasteiger partial charge in [-0.3, -0.25) is 4.79 Å². The zero-order chi connectivity index (χ0) is 12.3. The van der Waals surface area contributed by atoms with Crippen molar-refractivity contribution in [2.75, 3.05) is 11.9 Å². The van der Waals surface area contributed by atoms with Crippen molar-refractivity contribution in [1.82, 2.24) is 0 Å². The van der Waals surface area contributed by atoms with E-state index in [0.717, 1.165) is 5.69 Å². The van der Waals surface area contributed by atoms with Crippen molar-refractivity contribution >= 4 is 28.8 Å². The molecule has 1 aromatic rings. The highest BCUT2D eigenvalue weighted by molar-refractivity contribution is 7.80.